The van der Waals surface area contributed by atoms with E-state index >= 15 is 0 Å². The van der Waals surface area contributed by atoms with E-state index in [9.17, 15) is 4.79 Å². The molecule has 0 radical (unpaired) electrons. The predicted molar refractivity (Wildman–Crippen MR) is 73.9 cm³/mol. The maximum Gasteiger partial charge on any atom is 0.319 e. The number of nitrogens with two attached hydrogens (primary N) is 1. The van der Waals surface area contributed by atoms with Crippen LogP contribution < -0.4 is 16.4 Å². The fraction of sp³-hybridized carbons (Fsp3) is 0.273. The van der Waals surface area contributed by atoms with Gasteiger partial charge in [-0.15, -0.1) is 0 Å². The van der Waals surface area contributed by atoms with Crippen LogP contribution in [-0.2, 0) is 0 Å². The number of carbonyl (C=O) groups is 1. The number of rotatable bonds is 3. The van der Waals surface area contributed by atoms with Gasteiger partial charge >= 0.3 is 6.03 Å². The second-order valence-electron chi connectivity index (χ2n) is 3.93. The Balaban J connectivity index is 2.83. The molecule has 98 valence electrons. The van der Waals surface area contributed by atoms with Crippen molar-refractivity contribution in [1.29, 1.82) is 0 Å². The van der Waals surface area contributed by atoms with Crippen molar-refractivity contribution in [2.75, 3.05) is 5.32 Å². The fourth-order valence-electron chi connectivity index (χ4n) is 1.25. The van der Waals surface area contributed by atoms with Gasteiger partial charge < -0.3 is 21.6 Å². The number of nitrogens with one attached hydrogen (secondary N) is 2. The first kappa shape index (κ1) is 14.3. The number of nitrogens with zero attached hydrogens (tertiary/aromatic N) is 1. The van der Waals surface area contributed by atoms with Gasteiger partial charge in [0.05, 0.1) is 5.69 Å². The van der Waals surface area contributed by atoms with Crippen LogP contribution in [0, 0.1) is 0 Å². The topological polar surface area (TPSA) is 99.7 Å². The Bertz CT molecular complexity index is 474. The van der Waals surface area contributed by atoms with E-state index in [2.05, 4.69) is 31.7 Å². The standard InChI is InChI=1S/C11H15BrN4O2/c1-6(2)14-11(17)15-9-4-3-7(5-8(9)12)10(13)16-18/h3-6,18H,1-2H3,(H2,13,16)(H2,14,15,17). The van der Waals surface area contributed by atoms with E-state index in [4.69, 9.17) is 10.9 Å². The van der Waals surface area contributed by atoms with Gasteiger partial charge in [0.25, 0.3) is 0 Å². The summed E-state index contributed by atoms with van der Waals surface area (Å²) in [5.41, 5.74) is 6.61. The molecule has 18 heavy (non-hydrogen) atoms. The smallest absolute Gasteiger partial charge is 0.319 e. The number of carbonyl (C=O) groups excluding carboxylic acids is 1. The second-order valence-corrected chi connectivity index (χ2v) is 4.79. The zero-order chi connectivity index (χ0) is 13.7. The number of halogens is 1. The van der Waals surface area contributed by atoms with Crippen molar-refractivity contribution in [1.82, 2.24) is 5.32 Å². The highest BCUT2D eigenvalue weighted by Gasteiger charge is 2.08. The Morgan fingerprint density at radius 1 is 1.50 bits per heavy atom. The van der Waals surface area contributed by atoms with Crippen LogP contribution in [0.2, 0.25) is 0 Å². The van der Waals surface area contributed by atoms with E-state index in [1.54, 1.807) is 18.2 Å². The summed E-state index contributed by atoms with van der Waals surface area (Å²) in [5.74, 6) is 0.00822. The lowest BCUT2D eigenvalue weighted by atomic mass is 10.2. The zero-order valence-electron chi connectivity index (χ0n) is 10.1. The normalized spacial score (nSPS) is 11.4. The molecule has 0 heterocycles. The molecule has 1 rings (SSSR count). The molecule has 0 spiro atoms. The average Bonchev–Trinajstić information content (AvgIpc) is 2.29. The van der Waals surface area contributed by atoms with Crippen molar-refractivity contribution in [3.05, 3.63) is 28.2 Å². The number of amidine groups is 1. The van der Waals surface area contributed by atoms with Crippen LogP contribution in [0.15, 0.2) is 27.8 Å². The number of oxime groups is 1. The molecular formula is C11H15BrN4O2. The molecule has 0 unspecified atom stereocenters. The van der Waals surface area contributed by atoms with Crippen molar-refractivity contribution >= 4 is 33.5 Å². The highest BCUT2D eigenvalue weighted by atomic mass is 79.9. The first-order valence-electron chi connectivity index (χ1n) is 5.29. The molecule has 0 aliphatic carbocycles. The third-order valence-electron chi connectivity index (χ3n) is 2.04. The first-order valence-corrected chi connectivity index (χ1v) is 6.08. The Morgan fingerprint density at radius 3 is 2.67 bits per heavy atom. The summed E-state index contributed by atoms with van der Waals surface area (Å²) in [5, 5.41) is 16.9. The van der Waals surface area contributed by atoms with E-state index < -0.39 is 0 Å². The molecule has 0 aliphatic heterocycles. The molecule has 0 bridgehead atoms. The monoisotopic (exact) mass is 314 g/mol. The van der Waals surface area contributed by atoms with Crippen LogP contribution in [-0.4, -0.2) is 23.1 Å². The van der Waals surface area contributed by atoms with Crippen LogP contribution in [0.5, 0.6) is 0 Å². The minimum atomic E-state index is -0.290. The number of hydrogen-bond acceptors (Lipinski definition) is 3. The summed E-state index contributed by atoms with van der Waals surface area (Å²) < 4.78 is 0.644. The van der Waals surface area contributed by atoms with Gasteiger partial charge in [0.15, 0.2) is 5.84 Å². The molecule has 0 fully saturated rings. The molecule has 0 atom stereocenters. The Labute approximate surface area is 113 Å². The summed E-state index contributed by atoms with van der Waals surface area (Å²) in [6.45, 7) is 3.74. The Kier molecular flexibility index (Phi) is 4.96. The SMILES string of the molecule is CC(C)NC(=O)Nc1ccc(/C(N)=N/O)cc1Br. The van der Waals surface area contributed by atoms with Crippen LogP contribution in [0.3, 0.4) is 0 Å². The molecule has 1 aromatic carbocycles. The summed E-state index contributed by atoms with van der Waals surface area (Å²) in [6.07, 6.45) is 0. The molecule has 0 saturated carbocycles. The van der Waals surface area contributed by atoms with Gasteiger partial charge in [-0.1, -0.05) is 5.16 Å². The van der Waals surface area contributed by atoms with Gasteiger partial charge in [0.2, 0.25) is 0 Å². The molecule has 0 saturated heterocycles. The number of hydrogen-bond donors (Lipinski definition) is 4. The van der Waals surface area contributed by atoms with Crippen molar-refractivity contribution < 1.29 is 10.0 Å². The average molecular weight is 315 g/mol. The van der Waals surface area contributed by atoms with Gasteiger partial charge in [-0.3, -0.25) is 0 Å². The van der Waals surface area contributed by atoms with E-state index in [0.717, 1.165) is 0 Å². The second kappa shape index (κ2) is 6.25. The van der Waals surface area contributed by atoms with Crippen LogP contribution in [0.4, 0.5) is 10.5 Å². The predicted octanol–water partition coefficient (Wildman–Crippen LogP) is 2.07. The van der Waals surface area contributed by atoms with Crippen molar-refractivity contribution in [2.24, 2.45) is 10.9 Å². The molecular weight excluding hydrogens is 300 g/mol. The van der Waals surface area contributed by atoms with Crippen molar-refractivity contribution in [2.45, 2.75) is 19.9 Å². The molecule has 1 aromatic rings. The minimum absolute atomic E-state index is 0.00822. The minimum Gasteiger partial charge on any atom is -0.409 e. The first-order chi connectivity index (χ1) is 8.43. The number of amides is 2. The molecule has 6 nitrogen and oxygen atoms in total. The van der Waals surface area contributed by atoms with E-state index in [1.165, 1.54) is 0 Å². The molecule has 5 N–H and O–H groups in total. The number of benzene rings is 1. The van der Waals surface area contributed by atoms with Gasteiger partial charge in [-0.25, -0.2) is 4.79 Å². The van der Waals surface area contributed by atoms with Gasteiger partial charge in [-0.05, 0) is 48.0 Å². The van der Waals surface area contributed by atoms with E-state index in [-0.39, 0.29) is 17.9 Å². The van der Waals surface area contributed by atoms with Gasteiger partial charge in [-0.2, -0.15) is 0 Å². The lowest BCUT2D eigenvalue weighted by Gasteiger charge is -2.12. The highest BCUT2D eigenvalue weighted by Crippen LogP contribution is 2.23. The maximum atomic E-state index is 11.5. The zero-order valence-corrected chi connectivity index (χ0v) is 11.7. The highest BCUT2D eigenvalue weighted by molar-refractivity contribution is 9.10. The van der Waals surface area contributed by atoms with Crippen molar-refractivity contribution in [3.63, 3.8) is 0 Å². The summed E-state index contributed by atoms with van der Waals surface area (Å²) >= 11 is 3.30. The largest absolute Gasteiger partial charge is 0.409 e. The van der Waals surface area contributed by atoms with Gasteiger partial charge in [0.1, 0.15) is 0 Å². The van der Waals surface area contributed by atoms with Crippen molar-refractivity contribution in [3.8, 4) is 0 Å². The maximum absolute atomic E-state index is 11.5. The van der Waals surface area contributed by atoms with Crippen LogP contribution in [0.1, 0.15) is 19.4 Å². The molecule has 7 heteroatoms. The Hall–Kier alpha value is -1.76. The van der Waals surface area contributed by atoms with Crippen LogP contribution in [0.25, 0.3) is 0 Å². The van der Waals surface area contributed by atoms with Gasteiger partial charge in [0, 0.05) is 16.1 Å². The third-order valence-corrected chi connectivity index (χ3v) is 2.70. The molecule has 0 aromatic heterocycles. The summed E-state index contributed by atoms with van der Waals surface area (Å²) in [4.78, 5) is 11.5. The Morgan fingerprint density at radius 2 is 2.17 bits per heavy atom. The molecule has 2 amide bonds. The lowest BCUT2D eigenvalue weighted by molar-refractivity contribution is 0.250. The number of anilines is 1. The number of urea groups is 1. The summed E-state index contributed by atoms with van der Waals surface area (Å²) in [6, 6.07) is 4.73. The van der Waals surface area contributed by atoms with E-state index in [0.29, 0.717) is 15.7 Å². The fourth-order valence-corrected chi connectivity index (χ4v) is 1.73. The lowest BCUT2D eigenvalue weighted by Crippen LogP contribution is -2.34. The third kappa shape index (κ3) is 3.92. The quantitative estimate of drug-likeness (QED) is 0.297. The molecule has 0 aliphatic rings. The van der Waals surface area contributed by atoms with E-state index in [1.807, 2.05) is 13.8 Å². The van der Waals surface area contributed by atoms with Crippen LogP contribution >= 0.6 is 15.9 Å². The summed E-state index contributed by atoms with van der Waals surface area (Å²) in [7, 11) is 0.